The van der Waals surface area contributed by atoms with Crippen LogP contribution in [0.5, 0.6) is 0 Å². The molecule has 8 heteroatoms. The summed E-state index contributed by atoms with van der Waals surface area (Å²) >= 11 is 12.0. The van der Waals surface area contributed by atoms with Crippen LogP contribution in [-0.4, -0.2) is 15.3 Å². The summed E-state index contributed by atoms with van der Waals surface area (Å²) in [5.41, 5.74) is 1.66. The van der Waals surface area contributed by atoms with Gasteiger partial charge in [0.05, 0.1) is 0 Å². The van der Waals surface area contributed by atoms with Crippen molar-refractivity contribution in [3.05, 3.63) is 87.5 Å². The van der Waals surface area contributed by atoms with Crippen LogP contribution < -0.4 is 5.32 Å². The molecule has 0 spiro atoms. The van der Waals surface area contributed by atoms with Crippen LogP contribution in [0.1, 0.15) is 15.9 Å². The Hall–Kier alpha value is -2.96. The molecule has 0 atom stereocenters. The Morgan fingerprint density at radius 3 is 2.52 bits per heavy atom. The molecule has 0 fully saturated rings. The van der Waals surface area contributed by atoms with Crippen molar-refractivity contribution in [1.29, 1.82) is 0 Å². The topological polar surface area (TPSA) is 46.4 Å². The molecule has 146 valence electrons. The van der Waals surface area contributed by atoms with E-state index in [4.69, 9.17) is 23.2 Å². The predicted octanol–water partition coefficient (Wildman–Crippen LogP) is 6.15. The molecule has 0 aliphatic heterocycles. The van der Waals surface area contributed by atoms with Gasteiger partial charge in [-0.15, -0.1) is 0 Å². The summed E-state index contributed by atoms with van der Waals surface area (Å²) in [5, 5.41) is 3.32. The van der Waals surface area contributed by atoms with Crippen molar-refractivity contribution in [3.8, 4) is 11.3 Å². The minimum atomic E-state index is -1.05. The molecule has 29 heavy (non-hydrogen) atoms. The van der Waals surface area contributed by atoms with E-state index < -0.39 is 17.5 Å². The van der Waals surface area contributed by atoms with Gasteiger partial charge in [-0.3, -0.25) is 9.20 Å². The normalized spacial score (nSPS) is 11.1. The van der Waals surface area contributed by atoms with Gasteiger partial charge < -0.3 is 5.32 Å². The molecule has 0 saturated heterocycles. The minimum absolute atomic E-state index is 0.0641. The zero-order valence-corrected chi connectivity index (χ0v) is 16.5. The smallest absolute Gasteiger partial charge is 0.256 e. The Labute approximate surface area is 174 Å². The zero-order chi connectivity index (χ0) is 20.7. The zero-order valence-electron chi connectivity index (χ0n) is 15.0. The van der Waals surface area contributed by atoms with Crippen molar-refractivity contribution in [2.24, 2.45) is 0 Å². The van der Waals surface area contributed by atoms with E-state index in [1.807, 2.05) is 13.0 Å². The summed E-state index contributed by atoms with van der Waals surface area (Å²) in [5.74, 6) is -2.37. The number of amides is 1. The van der Waals surface area contributed by atoms with Crippen LogP contribution in [0.25, 0.3) is 16.9 Å². The summed E-state index contributed by atoms with van der Waals surface area (Å²) in [7, 11) is 0. The minimum Gasteiger partial charge on any atom is -0.306 e. The Balaban J connectivity index is 1.88. The van der Waals surface area contributed by atoms with Gasteiger partial charge >= 0.3 is 0 Å². The van der Waals surface area contributed by atoms with E-state index in [0.717, 1.165) is 11.6 Å². The van der Waals surface area contributed by atoms with Crippen LogP contribution in [0, 0.1) is 18.6 Å². The highest BCUT2D eigenvalue weighted by molar-refractivity contribution is 6.35. The van der Waals surface area contributed by atoms with Crippen molar-refractivity contribution >= 4 is 40.6 Å². The van der Waals surface area contributed by atoms with Gasteiger partial charge in [-0.25, -0.2) is 13.8 Å². The number of fused-ring (bicyclic) bond motifs is 1. The first kappa shape index (κ1) is 19.4. The number of imidazole rings is 1. The van der Waals surface area contributed by atoms with Gasteiger partial charge in [-0.2, -0.15) is 0 Å². The van der Waals surface area contributed by atoms with Crippen LogP contribution in [-0.2, 0) is 0 Å². The number of nitrogens with zero attached hydrogens (tertiary/aromatic N) is 2. The second kappa shape index (κ2) is 7.46. The van der Waals surface area contributed by atoms with Gasteiger partial charge in [0.1, 0.15) is 17.2 Å². The fraction of sp³-hybridized carbons (Fsp3) is 0.0476. The molecule has 2 aromatic heterocycles. The molecule has 0 aliphatic carbocycles. The third kappa shape index (κ3) is 3.69. The van der Waals surface area contributed by atoms with Crippen LogP contribution in [0.4, 0.5) is 14.6 Å². The lowest BCUT2D eigenvalue weighted by Gasteiger charge is -2.09. The number of benzene rings is 2. The third-order valence-corrected chi connectivity index (χ3v) is 4.78. The molecule has 2 aromatic carbocycles. The number of carbonyl (C=O) groups excluding carboxylic acids is 1. The van der Waals surface area contributed by atoms with Gasteiger partial charge in [0.15, 0.2) is 11.6 Å². The number of nitrogens with one attached hydrogen (secondary N) is 1. The lowest BCUT2D eigenvalue weighted by molar-refractivity contribution is 0.102. The van der Waals surface area contributed by atoms with Crippen LogP contribution in [0.3, 0.4) is 0 Å². The van der Waals surface area contributed by atoms with Crippen molar-refractivity contribution in [1.82, 2.24) is 9.38 Å². The van der Waals surface area contributed by atoms with E-state index in [-0.39, 0.29) is 22.6 Å². The molecule has 4 aromatic rings. The lowest BCUT2D eigenvalue weighted by atomic mass is 10.1. The SMILES string of the molecule is Cc1ccn2c(NC(=O)c3cc(Cl)cc(Cl)c3)c(-c3cccc(F)c3F)nc2c1. The van der Waals surface area contributed by atoms with Crippen LogP contribution in [0.15, 0.2) is 54.7 Å². The van der Waals surface area contributed by atoms with Crippen LogP contribution >= 0.6 is 23.2 Å². The molecule has 4 nitrogen and oxygen atoms in total. The number of halogens is 4. The molecule has 0 unspecified atom stereocenters. The maximum absolute atomic E-state index is 14.5. The first-order chi connectivity index (χ1) is 13.8. The quantitative estimate of drug-likeness (QED) is 0.422. The molecule has 0 aliphatic rings. The molecule has 2 heterocycles. The maximum atomic E-state index is 14.5. The average molecular weight is 432 g/mol. The summed E-state index contributed by atoms with van der Waals surface area (Å²) in [6.07, 6.45) is 1.69. The lowest BCUT2D eigenvalue weighted by Crippen LogP contribution is -2.14. The Morgan fingerprint density at radius 1 is 1.07 bits per heavy atom. The fourth-order valence-electron chi connectivity index (χ4n) is 3.01. The largest absolute Gasteiger partial charge is 0.306 e. The molecular weight excluding hydrogens is 419 g/mol. The predicted molar refractivity (Wildman–Crippen MR) is 110 cm³/mol. The fourth-order valence-corrected chi connectivity index (χ4v) is 3.53. The van der Waals surface area contributed by atoms with E-state index in [2.05, 4.69) is 10.3 Å². The highest BCUT2D eigenvalue weighted by atomic mass is 35.5. The standard InChI is InChI=1S/C21H13Cl2F2N3O/c1-11-5-6-28-17(7-11)26-19(15-3-2-4-16(24)18(15)25)20(28)27-21(29)12-8-13(22)10-14(23)9-12/h2-10H,1H3,(H,27,29). The molecule has 4 rings (SSSR count). The number of pyridine rings is 1. The highest BCUT2D eigenvalue weighted by Gasteiger charge is 2.21. The van der Waals surface area contributed by atoms with E-state index >= 15 is 0 Å². The number of anilines is 1. The number of rotatable bonds is 3. The second-order valence-corrected chi connectivity index (χ2v) is 7.33. The Bertz CT molecular complexity index is 1250. The van der Waals surface area contributed by atoms with E-state index in [0.29, 0.717) is 15.7 Å². The summed E-state index contributed by atoms with van der Waals surface area (Å²) in [6, 6.07) is 11.8. The monoisotopic (exact) mass is 431 g/mol. The third-order valence-electron chi connectivity index (χ3n) is 4.35. The van der Waals surface area contributed by atoms with Gasteiger partial charge in [-0.1, -0.05) is 29.3 Å². The number of hydrogen-bond donors (Lipinski definition) is 1. The summed E-state index contributed by atoms with van der Waals surface area (Å²) in [4.78, 5) is 17.2. The van der Waals surface area contributed by atoms with Gasteiger partial charge in [0.25, 0.3) is 5.91 Å². The van der Waals surface area contributed by atoms with Crippen LogP contribution in [0.2, 0.25) is 10.0 Å². The number of hydrogen-bond acceptors (Lipinski definition) is 2. The van der Waals surface area contributed by atoms with Crippen molar-refractivity contribution < 1.29 is 13.6 Å². The summed E-state index contributed by atoms with van der Waals surface area (Å²) < 4.78 is 29.9. The van der Waals surface area contributed by atoms with E-state index in [1.165, 1.54) is 30.3 Å². The molecule has 0 radical (unpaired) electrons. The molecule has 0 bridgehead atoms. The van der Waals surface area contributed by atoms with Crippen molar-refractivity contribution in [2.75, 3.05) is 5.32 Å². The summed E-state index contributed by atoms with van der Waals surface area (Å²) in [6.45, 7) is 1.88. The van der Waals surface area contributed by atoms with Gasteiger partial charge in [-0.05, 0) is 55.0 Å². The maximum Gasteiger partial charge on any atom is 0.256 e. The average Bonchev–Trinajstić information content (AvgIpc) is 3.00. The number of aryl methyl sites for hydroxylation is 1. The van der Waals surface area contributed by atoms with Gasteiger partial charge in [0.2, 0.25) is 0 Å². The first-order valence-electron chi connectivity index (χ1n) is 8.54. The first-order valence-corrected chi connectivity index (χ1v) is 9.29. The highest BCUT2D eigenvalue weighted by Crippen LogP contribution is 2.32. The molecule has 0 saturated carbocycles. The number of aromatic nitrogens is 2. The number of carbonyl (C=O) groups is 1. The molecular formula is C21H13Cl2F2N3O. The Kier molecular flexibility index (Phi) is 4.98. The Morgan fingerprint density at radius 2 is 1.79 bits per heavy atom. The van der Waals surface area contributed by atoms with Crippen molar-refractivity contribution in [2.45, 2.75) is 6.92 Å². The van der Waals surface area contributed by atoms with E-state index in [9.17, 15) is 13.6 Å². The van der Waals surface area contributed by atoms with E-state index in [1.54, 1.807) is 16.7 Å². The second-order valence-electron chi connectivity index (χ2n) is 6.45. The van der Waals surface area contributed by atoms with Crippen molar-refractivity contribution in [3.63, 3.8) is 0 Å². The molecule has 1 amide bonds. The van der Waals surface area contributed by atoms with Gasteiger partial charge in [0, 0.05) is 27.4 Å². The molecule has 1 N–H and O–H groups in total.